The molecule has 92 valence electrons. The van der Waals surface area contributed by atoms with Gasteiger partial charge in [0.05, 0.1) is 5.69 Å². The number of nitrogens with two attached hydrogens (primary N) is 1. The van der Waals surface area contributed by atoms with Gasteiger partial charge in [0.1, 0.15) is 0 Å². The molecule has 0 heterocycles. The number of hydrogen-bond donors (Lipinski definition) is 3. The highest BCUT2D eigenvalue weighted by atomic mass is 79.9. The van der Waals surface area contributed by atoms with Crippen molar-refractivity contribution in [2.75, 3.05) is 11.1 Å². The lowest BCUT2D eigenvalue weighted by Gasteiger charge is -2.26. The van der Waals surface area contributed by atoms with Gasteiger partial charge >= 0.3 is 6.03 Å². The molecule has 0 radical (unpaired) electrons. The molecule has 2 rings (SSSR count). The highest BCUT2D eigenvalue weighted by Gasteiger charge is 2.20. The number of nitrogens with one attached hydrogen (secondary N) is 2. The normalized spacial score (nSPS) is 15.2. The van der Waals surface area contributed by atoms with Crippen molar-refractivity contribution in [1.82, 2.24) is 5.32 Å². The summed E-state index contributed by atoms with van der Waals surface area (Å²) in [5, 5.41) is 5.72. The lowest BCUT2D eigenvalue weighted by atomic mass is 9.93. The minimum atomic E-state index is -0.180. The SMILES string of the molecule is Nc1cc(Br)c(NC(=O)NC2CCC2)c(Br)c1. The fourth-order valence-corrected chi connectivity index (χ4v) is 3.02. The monoisotopic (exact) mass is 361 g/mol. The summed E-state index contributed by atoms with van der Waals surface area (Å²) in [5.41, 5.74) is 7.01. The van der Waals surface area contributed by atoms with Gasteiger partial charge in [-0.05, 0) is 63.3 Å². The van der Waals surface area contributed by atoms with Crippen LogP contribution < -0.4 is 16.4 Å². The molecule has 4 nitrogen and oxygen atoms in total. The van der Waals surface area contributed by atoms with Crippen LogP contribution in [0.1, 0.15) is 19.3 Å². The quantitative estimate of drug-likeness (QED) is 0.705. The zero-order valence-corrected chi connectivity index (χ0v) is 12.3. The van der Waals surface area contributed by atoms with Crippen molar-refractivity contribution in [2.24, 2.45) is 0 Å². The third kappa shape index (κ3) is 3.13. The van der Waals surface area contributed by atoms with Crippen LogP contribution in [0.4, 0.5) is 16.2 Å². The molecule has 0 aromatic heterocycles. The Bertz CT molecular complexity index is 423. The van der Waals surface area contributed by atoms with Crippen LogP contribution in [-0.4, -0.2) is 12.1 Å². The zero-order chi connectivity index (χ0) is 12.4. The molecule has 17 heavy (non-hydrogen) atoms. The third-order valence-electron chi connectivity index (χ3n) is 2.74. The Morgan fingerprint density at radius 1 is 1.29 bits per heavy atom. The Labute approximate surface area is 117 Å². The first-order valence-corrected chi connectivity index (χ1v) is 6.97. The molecular formula is C11H13Br2N3O. The Balaban J connectivity index is 2.04. The van der Waals surface area contributed by atoms with Crippen LogP contribution in [-0.2, 0) is 0 Å². The van der Waals surface area contributed by atoms with E-state index in [9.17, 15) is 4.79 Å². The molecule has 1 saturated carbocycles. The average Bonchev–Trinajstić information content (AvgIpc) is 2.17. The van der Waals surface area contributed by atoms with Crippen molar-refractivity contribution in [2.45, 2.75) is 25.3 Å². The topological polar surface area (TPSA) is 67.1 Å². The number of benzene rings is 1. The minimum Gasteiger partial charge on any atom is -0.399 e. The molecule has 1 fully saturated rings. The lowest BCUT2D eigenvalue weighted by molar-refractivity contribution is 0.240. The Hall–Kier alpha value is -0.750. The Morgan fingerprint density at radius 2 is 1.88 bits per heavy atom. The highest BCUT2D eigenvalue weighted by Crippen LogP contribution is 2.33. The van der Waals surface area contributed by atoms with Crippen molar-refractivity contribution in [3.63, 3.8) is 0 Å². The standard InChI is InChI=1S/C11H13Br2N3O/c12-8-4-6(14)5-9(13)10(8)16-11(17)15-7-2-1-3-7/h4-5,7H,1-3,14H2,(H2,15,16,17). The number of urea groups is 1. The average molecular weight is 363 g/mol. The van der Waals surface area contributed by atoms with Gasteiger partial charge in [0.15, 0.2) is 0 Å². The summed E-state index contributed by atoms with van der Waals surface area (Å²) < 4.78 is 1.52. The molecule has 1 aliphatic carbocycles. The fraction of sp³-hybridized carbons (Fsp3) is 0.364. The summed E-state index contributed by atoms with van der Waals surface area (Å²) >= 11 is 6.74. The van der Waals surface area contributed by atoms with E-state index in [-0.39, 0.29) is 6.03 Å². The van der Waals surface area contributed by atoms with E-state index >= 15 is 0 Å². The van der Waals surface area contributed by atoms with Gasteiger partial charge in [-0.2, -0.15) is 0 Å². The Kier molecular flexibility index (Phi) is 3.93. The smallest absolute Gasteiger partial charge is 0.319 e. The van der Waals surface area contributed by atoms with Crippen molar-refractivity contribution < 1.29 is 4.79 Å². The lowest BCUT2D eigenvalue weighted by Crippen LogP contribution is -2.41. The molecule has 6 heteroatoms. The van der Waals surface area contributed by atoms with Gasteiger partial charge in [-0.15, -0.1) is 0 Å². The number of amides is 2. The Morgan fingerprint density at radius 3 is 2.35 bits per heavy atom. The number of anilines is 2. The van der Waals surface area contributed by atoms with Crippen LogP contribution in [0.15, 0.2) is 21.1 Å². The number of carbonyl (C=O) groups is 1. The second-order valence-electron chi connectivity index (χ2n) is 4.09. The van der Waals surface area contributed by atoms with Crippen molar-refractivity contribution in [1.29, 1.82) is 0 Å². The van der Waals surface area contributed by atoms with E-state index in [0.717, 1.165) is 21.8 Å². The molecule has 0 bridgehead atoms. The molecule has 0 aliphatic heterocycles. The molecular weight excluding hydrogens is 350 g/mol. The summed E-state index contributed by atoms with van der Waals surface area (Å²) in [6.45, 7) is 0. The number of halogens is 2. The number of hydrogen-bond acceptors (Lipinski definition) is 2. The fourth-order valence-electron chi connectivity index (χ4n) is 1.60. The maximum atomic E-state index is 11.7. The van der Waals surface area contributed by atoms with Crippen molar-refractivity contribution in [3.05, 3.63) is 21.1 Å². The van der Waals surface area contributed by atoms with Gasteiger partial charge in [0, 0.05) is 20.7 Å². The summed E-state index contributed by atoms with van der Waals surface area (Å²) in [4.78, 5) is 11.7. The summed E-state index contributed by atoms with van der Waals surface area (Å²) in [5.74, 6) is 0. The van der Waals surface area contributed by atoms with Crippen LogP contribution in [0.3, 0.4) is 0 Å². The third-order valence-corrected chi connectivity index (χ3v) is 3.99. The van der Waals surface area contributed by atoms with E-state index in [2.05, 4.69) is 42.5 Å². The second-order valence-corrected chi connectivity index (χ2v) is 5.79. The van der Waals surface area contributed by atoms with E-state index in [1.807, 2.05) is 0 Å². The number of carbonyl (C=O) groups excluding carboxylic acids is 1. The van der Waals surface area contributed by atoms with E-state index in [0.29, 0.717) is 17.4 Å². The van der Waals surface area contributed by atoms with Crippen LogP contribution in [0.5, 0.6) is 0 Å². The van der Waals surface area contributed by atoms with E-state index in [1.54, 1.807) is 12.1 Å². The van der Waals surface area contributed by atoms with Crippen LogP contribution >= 0.6 is 31.9 Å². The second kappa shape index (κ2) is 5.27. The van der Waals surface area contributed by atoms with E-state index < -0.39 is 0 Å². The predicted molar refractivity (Wildman–Crippen MR) is 76.0 cm³/mol. The van der Waals surface area contributed by atoms with Gasteiger partial charge < -0.3 is 16.4 Å². The maximum Gasteiger partial charge on any atom is 0.319 e. The van der Waals surface area contributed by atoms with Gasteiger partial charge in [-0.1, -0.05) is 0 Å². The summed E-state index contributed by atoms with van der Waals surface area (Å²) in [6.07, 6.45) is 3.33. The van der Waals surface area contributed by atoms with Crippen LogP contribution in [0.25, 0.3) is 0 Å². The molecule has 1 aromatic rings. The highest BCUT2D eigenvalue weighted by molar-refractivity contribution is 9.11. The van der Waals surface area contributed by atoms with Gasteiger partial charge in [0.2, 0.25) is 0 Å². The van der Waals surface area contributed by atoms with Crippen molar-refractivity contribution in [3.8, 4) is 0 Å². The molecule has 0 spiro atoms. The first-order valence-electron chi connectivity index (χ1n) is 5.38. The van der Waals surface area contributed by atoms with E-state index in [1.165, 1.54) is 6.42 Å². The first-order chi connectivity index (χ1) is 8.06. The van der Waals surface area contributed by atoms with Crippen LogP contribution in [0.2, 0.25) is 0 Å². The molecule has 0 saturated heterocycles. The zero-order valence-electron chi connectivity index (χ0n) is 9.09. The predicted octanol–water partition coefficient (Wildman–Crippen LogP) is 3.47. The number of nitrogen functional groups attached to an aromatic ring is 1. The van der Waals surface area contributed by atoms with Gasteiger partial charge in [-0.25, -0.2) is 4.79 Å². The molecule has 1 aromatic carbocycles. The molecule has 2 amide bonds. The molecule has 4 N–H and O–H groups in total. The largest absolute Gasteiger partial charge is 0.399 e. The van der Waals surface area contributed by atoms with Crippen molar-refractivity contribution >= 4 is 49.3 Å². The number of rotatable bonds is 2. The first kappa shape index (κ1) is 12.7. The summed E-state index contributed by atoms with van der Waals surface area (Å²) in [7, 11) is 0. The molecule has 0 unspecified atom stereocenters. The van der Waals surface area contributed by atoms with Gasteiger partial charge in [-0.3, -0.25) is 0 Å². The maximum absolute atomic E-state index is 11.7. The molecule has 1 aliphatic rings. The summed E-state index contributed by atoms with van der Waals surface area (Å²) in [6, 6.07) is 3.65. The minimum absolute atomic E-state index is 0.180. The molecule has 0 atom stereocenters. The van der Waals surface area contributed by atoms with E-state index in [4.69, 9.17) is 5.73 Å². The van der Waals surface area contributed by atoms with Gasteiger partial charge in [0.25, 0.3) is 0 Å². The van der Waals surface area contributed by atoms with Crippen LogP contribution in [0, 0.1) is 0 Å².